The summed E-state index contributed by atoms with van der Waals surface area (Å²) < 4.78 is 10.8. The minimum absolute atomic E-state index is 0.194. The Morgan fingerprint density at radius 3 is 2.47 bits per heavy atom. The van der Waals surface area contributed by atoms with Crippen LogP contribution < -0.4 is 25.6 Å². The highest BCUT2D eigenvalue weighted by atomic mass is 16.5. The number of hydrogen-bond donors (Lipinski definition) is 4. The molecule has 0 bridgehead atoms. The number of ether oxygens (including phenoxy) is 2. The summed E-state index contributed by atoms with van der Waals surface area (Å²) in [5.41, 5.74) is 3.41. The highest BCUT2D eigenvalue weighted by Crippen LogP contribution is 2.34. The van der Waals surface area contributed by atoms with Crippen molar-refractivity contribution in [3.05, 3.63) is 48.3 Å². The van der Waals surface area contributed by atoms with E-state index in [4.69, 9.17) is 14.7 Å². The van der Waals surface area contributed by atoms with E-state index in [2.05, 4.69) is 20.6 Å². The molecule has 10 nitrogen and oxygen atoms in total. The lowest BCUT2D eigenvalue weighted by molar-refractivity contribution is -0.129. The number of hydrogen-bond acceptors (Lipinski definition) is 8. The second-order valence-corrected chi connectivity index (χ2v) is 7.57. The molecular weight excluding hydrogens is 438 g/mol. The van der Waals surface area contributed by atoms with Crippen LogP contribution in [0.25, 0.3) is 10.9 Å². The number of hydroxylamine groups is 1. The number of methoxy groups -OCH3 is 2. The number of amides is 2. The third-order valence-electron chi connectivity index (χ3n) is 5.31. The number of fused-ring (bicyclic) bond motifs is 1. The van der Waals surface area contributed by atoms with Gasteiger partial charge in [-0.05, 0) is 31.0 Å². The van der Waals surface area contributed by atoms with Crippen molar-refractivity contribution in [3.8, 4) is 11.5 Å². The largest absolute Gasteiger partial charge is 0.493 e. The summed E-state index contributed by atoms with van der Waals surface area (Å²) >= 11 is 0. The van der Waals surface area contributed by atoms with Gasteiger partial charge in [-0.3, -0.25) is 14.8 Å². The number of para-hydroxylation sites is 1. The normalized spacial score (nSPS) is 10.6. The number of nitrogens with zero attached hydrogens (tertiary/aromatic N) is 2. The first-order chi connectivity index (χ1) is 16.6. The van der Waals surface area contributed by atoms with E-state index < -0.39 is 0 Å². The summed E-state index contributed by atoms with van der Waals surface area (Å²) in [7, 11) is 3.13. The molecule has 0 fully saturated rings. The van der Waals surface area contributed by atoms with Crippen LogP contribution in [0.1, 0.15) is 42.5 Å². The van der Waals surface area contributed by atoms with Gasteiger partial charge in [0.15, 0.2) is 11.5 Å². The number of carbonyl (C=O) groups excluding carboxylic acids is 2. The summed E-state index contributed by atoms with van der Waals surface area (Å²) in [4.78, 5) is 32.5. The van der Waals surface area contributed by atoms with Crippen LogP contribution >= 0.6 is 0 Å². The minimum Gasteiger partial charge on any atom is -0.493 e. The van der Waals surface area contributed by atoms with Crippen molar-refractivity contribution in [2.24, 2.45) is 0 Å². The average Bonchev–Trinajstić information content (AvgIpc) is 2.87. The molecule has 2 aromatic carbocycles. The molecule has 0 aliphatic carbocycles. The zero-order valence-electron chi connectivity index (χ0n) is 19.3. The molecule has 0 unspecified atom stereocenters. The lowest BCUT2D eigenvalue weighted by atomic mass is 10.1. The quantitative estimate of drug-likeness (QED) is 0.180. The Labute approximate surface area is 197 Å². The Balaban J connectivity index is 1.66. The van der Waals surface area contributed by atoms with Gasteiger partial charge in [0.25, 0.3) is 5.91 Å². The molecular formula is C24H29N5O5. The molecule has 34 heavy (non-hydrogen) atoms. The molecule has 0 aliphatic heterocycles. The fourth-order valence-corrected chi connectivity index (χ4v) is 3.52. The van der Waals surface area contributed by atoms with Gasteiger partial charge < -0.3 is 20.1 Å². The second kappa shape index (κ2) is 12.4. The number of carbonyl (C=O) groups is 2. The Morgan fingerprint density at radius 1 is 0.971 bits per heavy atom. The van der Waals surface area contributed by atoms with Crippen LogP contribution in [0.2, 0.25) is 0 Å². The van der Waals surface area contributed by atoms with Crippen molar-refractivity contribution < 1.29 is 24.3 Å². The van der Waals surface area contributed by atoms with E-state index in [0.29, 0.717) is 47.1 Å². The summed E-state index contributed by atoms with van der Waals surface area (Å²) in [5, 5.41) is 15.4. The number of anilines is 2. The van der Waals surface area contributed by atoms with Gasteiger partial charge in [0.2, 0.25) is 5.91 Å². The van der Waals surface area contributed by atoms with Crippen LogP contribution in [0, 0.1) is 0 Å². The maximum atomic E-state index is 12.8. The molecule has 1 heterocycles. The van der Waals surface area contributed by atoms with E-state index in [-0.39, 0.29) is 18.2 Å². The highest BCUT2D eigenvalue weighted by Gasteiger charge is 2.15. The monoisotopic (exact) mass is 467 g/mol. The van der Waals surface area contributed by atoms with E-state index in [0.717, 1.165) is 24.6 Å². The summed E-state index contributed by atoms with van der Waals surface area (Å²) in [6, 6.07) is 10.8. The number of aromatic nitrogens is 2. The van der Waals surface area contributed by atoms with Gasteiger partial charge in [0, 0.05) is 24.4 Å². The van der Waals surface area contributed by atoms with Crippen molar-refractivity contribution in [1.82, 2.24) is 20.8 Å². The fourth-order valence-electron chi connectivity index (χ4n) is 3.52. The highest BCUT2D eigenvalue weighted by molar-refractivity contribution is 6.01. The number of rotatable bonds is 12. The first-order valence-corrected chi connectivity index (χ1v) is 11.0. The molecule has 4 N–H and O–H groups in total. The van der Waals surface area contributed by atoms with Gasteiger partial charge >= 0.3 is 0 Å². The maximum Gasteiger partial charge on any atom is 0.253 e. The van der Waals surface area contributed by atoms with Gasteiger partial charge in [0.05, 0.1) is 31.0 Å². The van der Waals surface area contributed by atoms with Crippen LogP contribution in [-0.2, 0) is 4.79 Å². The van der Waals surface area contributed by atoms with E-state index in [1.807, 2.05) is 12.1 Å². The SMILES string of the molecule is COc1cc2ncnc(Nc3ccccc3C(=O)NCCCCCCC(=O)NO)c2cc1OC. The number of unbranched alkanes of at least 4 members (excludes halogenated alkanes) is 3. The van der Waals surface area contributed by atoms with Crippen LogP contribution in [-0.4, -0.2) is 47.8 Å². The molecule has 3 aromatic rings. The second-order valence-electron chi connectivity index (χ2n) is 7.57. The molecule has 0 saturated carbocycles. The standard InChI is InChI=1S/C24H29N5O5/c1-33-20-13-17-19(14-21(20)34-2)26-15-27-23(17)28-18-10-7-6-9-16(18)24(31)25-12-8-4-3-5-11-22(30)29-32/h6-7,9-10,13-15,32H,3-5,8,11-12H2,1-2H3,(H,25,31)(H,29,30)(H,26,27,28). The van der Waals surface area contributed by atoms with Crippen molar-refractivity contribution in [3.63, 3.8) is 0 Å². The average molecular weight is 468 g/mol. The minimum atomic E-state index is -0.383. The van der Waals surface area contributed by atoms with Gasteiger partial charge in [-0.2, -0.15) is 0 Å². The van der Waals surface area contributed by atoms with Crippen LogP contribution in [0.3, 0.4) is 0 Å². The van der Waals surface area contributed by atoms with Crippen LogP contribution in [0.4, 0.5) is 11.5 Å². The molecule has 0 aliphatic rings. The molecule has 0 spiro atoms. The Bertz CT molecular complexity index is 1140. The lowest BCUT2D eigenvalue weighted by Gasteiger charge is -2.14. The fraction of sp³-hybridized carbons (Fsp3) is 0.333. The van der Waals surface area contributed by atoms with Gasteiger partial charge in [0.1, 0.15) is 12.1 Å². The Hall–Kier alpha value is -3.92. The third-order valence-corrected chi connectivity index (χ3v) is 5.31. The molecule has 3 rings (SSSR count). The molecule has 0 radical (unpaired) electrons. The number of nitrogens with one attached hydrogen (secondary N) is 3. The Morgan fingerprint density at radius 2 is 1.71 bits per heavy atom. The van der Waals surface area contributed by atoms with Crippen molar-refractivity contribution in [1.29, 1.82) is 0 Å². The van der Waals surface area contributed by atoms with Gasteiger partial charge in [-0.1, -0.05) is 25.0 Å². The van der Waals surface area contributed by atoms with Crippen molar-refractivity contribution in [2.45, 2.75) is 32.1 Å². The molecule has 2 amide bonds. The van der Waals surface area contributed by atoms with E-state index in [9.17, 15) is 9.59 Å². The summed E-state index contributed by atoms with van der Waals surface area (Å²) in [5.74, 6) is 1.08. The van der Waals surface area contributed by atoms with Crippen molar-refractivity contribution in [2.75, 3.05) is 26.1 Å². The van der Waals surface area contributed by atoms with Crippen LogP contribution in [0.5, 0.6) is 11.5 Å². The molecule has 0 saturated heterocycles. The predicted molar refractivity (Wildman–Crippen MR) is 128 cm³/mol. The molecule has 0 atom stereocenters. The zero-order valence-corrected chi connectivity index (χ0v) is 19.3. The van der Waals surface area contributed by atoms with Crippen LogP contribution in [0.15, 0.2) is 42.7 Å². The maximum absolute atomic E-state index is 12.8. The van der Waals surface area contributed by atoms with Gasteiger partial charge in [-0.25, -0.2) is 15.4 Å². The summed E-state index contributed by atoms with van der Waals surface area (Å²) in [6.45, 7) is 0.521. The predicted octanol–water partition coefficient (Wildman–Crippen LogP) is 3.58. The Kier molecular flexibility index (Phi) is 8.98. The topological polar surface area (TPSA) is 135 Å². The lowest BCUT2D eigenvalue weighted by Crippen LogP contribution is -2.25. The molecule has 1 aromatic heterocycles. The van der Waals surface area contributed by atoms with Crippen molar-refractivity contribution >= 4 is 34.2 Å². The number of benzene rings is 2. The van der Waals surface area contributed by atoms with E-state index in [1.165, 1.54) is 6.33 Å². The van der Waals surface area contributed by atoms with Gasteiger partial charge in [-0.15, -0.1) is 0 Å². The molecule has 180 valence electrons. The van der Waals surface area contributed by atoms with E-state index >= 15 is 0 Å². The first-order valence-electron chi connectivity index (χ1n) is 11.0. The zero-order chi connectivity index (χ0) is 24.3. The smallest absolute Gasteiger partial charge is 0.253 e. The summed E-state index contributed by atoms with van der Waals surface area (Å²) in [6.07, 6.45) is 4.94. The molecule has 10 heteroatoms. The van der Waals surface area contributed by atoms with E-state index in [1.54, 1.807) is 44.0 Å². The third kappa shape index (κ3) is 6.32. The first kappa shape index (κ1) is 24.7.